The van der Waals surface area contributed by atoms with E-state index in [1.807, 2.05) is 0 Å². The maximum atomic E-state index is 10.5. The van der Waals surface area contributed by atoms with E-state index in [9.17, 15) is 4.79 Å². The Hall–Kier alpha value is -1.30. The highest BCUT2D eigenvalue weighted by Crippen LogP contribution is 2.40. The fraction of sp³-hybridized carbons (Fsp3) is 0.714. The Kier molecular flexibility index (Phi) is 2.72. The molecule has 0 saturated heterocycles. The van der Waals surface area contributed by atoms with Gasteiger partial charge in [0.2, 0.25) is 0 Å². The zero-order valence-electron chi connectivity index (χ0n) is 7.18. The Labute approximate surface area is 75.8 Å². The summed E-state index contributed by atoms with van der Waals surface area (Å²) in [6.07, 6.45) is 0.796. The second kappa shape index (κ2) is 3.61. The Balaban J connectivity index is 2.30. The van der Waals surface area contributed by atoms with Crippen molar-refractivity contribution in [3.8, 4) is 0 Å². The number of aliphatic imine (C=N–C) groups is 1. The maximum absolute atomic E-state index is 10.5. The average Bonchev–Trinajstić information content (AvgIpc) is 2.78. The fourth-order valence-corrected chi connectivity index (χ4v) is 1.33. The summed E-state index contributed by atoms with van der Waals surface area (Å²) in [4.78, 5) is 14.3. The molecule has 0 aliphatic heterocycles. The molecule has 74 valence electrons. The van der Waals surface area contributed by atoms with E-state index in [0.717, 1.165) is 6.42 Å². The second-order valence-electron chi connectivity index (χ2n) is 3.29. The van der Waals surface area contributed by atoms with E-state index in [1.54, 1.807) is 0 Å². The molecule has 0 heterocycles. The van der Waals surface area contributed by atoms with Gasteiger partial charge in [-0.1, -0.05) is 0 Å². The van der Waals surface area contributed by atoms with Gasteiger partial charge in [0.25, 0.3) is 0 Å². The van der Waals surface area contributed by atoms with Crippen molar-refractivity contribution in [1.29, 1.82) is 0 Å². The van der Waals surface area contributed by atoms with E-state index in [1.165, 1.54) is 0 Å². The van der Waals surface area contributed by atoms with Gasteiger partial charge in [0, 0.05) is 6.54 Å². The maximum Gasteiger partial charge on any atom is 0.320 e. The van der Waals surface area contributed by atoms with Gasteiger partial charge in [0.1, 0.15) is 6.04 Å². The van der Waals surface area contributed by atoms with Crippen LogP contribution in [-0.4, -0.2) is 29.6 Å². The van der Waals surface area contributed by atoms with Crippen LogP contribution in [-0.2, 0) is 4.79 Å². The second-order valence-corrected chi connectivity index (χ2v) is 3.29. The molecule has 0 aromatic heterocycles. The Morgan fingerprint density at radius 2 is 2.23 bits per heavy atom. The summed E-state index contributed by atoms with van der Waals surface area (Å²) in [7, 11) is 0. The molecule has 1 saturated carbocycles. The van der Waals surface area contributed by atoms with Crippen LogP contribution in [0.15, 0.2) is 4.99 Å². The first-order chi connectivity index (χ1) is 6.02. The van der Waals surface area contributed by atoms with E-state index < -0.39 is 12.0 Å². The van der Waals surface area contributed by atoms with Crippen LogP contribution in [0.1, 0.15) is 6.42 Å². The monoisotopic (exact) mass is 186 g/mol. The van der Waals surface area contributed by atoms with Crippen molar-refractivity contribution in [2.45, 2.75) is 12.5 Å². The van der Waals surface area contributed by atoms with Crippen molar-refractivity contribution in [3.05, 3.63) is 0 Å². The lowest BCUT2D eigenvalue weighted by molar-refractivity contribution is -0.139. The van der Waals surface area contributed by atoms with Crippen molar-refractivity contribution in [2.24, 2.45) is 34.0 Å². The molecule has 6 nitrogen and oxygen atoms in total. The molecule has 3 atom stereocenters. The van der Waals surface area contributed by atoms with Gasteiger partial charge in [0.05, 0.1) is 0 Å². The molecule has 13 heavy (non-hydrogen) atoms. The number of nitrogens with two attached hydrogens (primary N) is 3. The van der Waals surface area contributed by atoms with E-state index in [2.05, 4.69) is 4.99 Å². The minimum absolute atomic E-state index is 0.0283. The molecule has 0 radical (unpaired) electrons. The van der Waals surface area contributed by atoms with Crippen LogP contribution in [0.3, 0.4) is 0 Å². The third-order valence-electron chi connectivity index (χ3n) is 2.23. The van der Waals surface area contributed by atoms with Crippen LogP contribution in [0.25, 0.3) is 0 Å². The lowest BCUT2D eigenvalue weighted by Gasteiger charge is -2.03. The molecule has 0 bridgehead atoms. The van der Waals surface area contributed by atoms with Gasteiger partial charge >= 0.3 is 5.97 Å². The number of hydrogen-bond acceptors (Lipinski definition) is 3. The molecule has 0 unspecified atom stereocenters. The predicted molar refractivity (Wildman–Crippen MR) is 47.9 cm³/mol. The highest BCUT2D eigenvalue weighted by molar-refractivity contribution is 5.76. The summed E-state index contributed by atoms with van der Waals surface area (Å²) in [5.41, 5.74) is 15.7. The lowest BCUT2D eigenvalue weighted by atomic mass is 10.1. The first-order valence-electron chi connectivity index (χ1n) is 4.06. The third-order valence-corrected chi connectivity index (χ3v) is 2.23. The Morgan fingerprint density at radius 3 is 2.69 bits per heavy atom. The Bertz CT molecular complexity index is 237. The summed E-state index contributed by atoms with van der Waals surface area (Å²) < 4.78 is 0. The number of rotatable bonds is 4. The molecule has 0 aromatic rings. The van der Waals surface area contributed by atoms with Gasteiger partial charge in [-0.3, -0.25) is 9.79 Å². The lowest BCUT2D eigenvalue weighted by Crippen LogP contribution is -2.33. The minimum atomic E-state index is -0.961. The Morgan fingerprint density at radius 1 is 1.62 bits per heavy atom. The van der Waals surface area contributed by atoms with Gasteiger partial charge in [-0.25, -0.2) is 0 Å². The quantitative estimate of drug-likeness (QED) is 0.307. The normalized spacial score (nSPS) is 27.8. The zero-order chi connectivity index (χ0) is 10.0. The zero-order valence-corrected chi connectivity index (χ0v) is 7.18. The highest BCUT2D eigenvalue weighted by atomic mass is 16.4. The SMILES string of the molecule is NC(N)=NC[C@@H]1C[C@@H]1[C@@H](N)C(=O)O. The minimum Gasteiger partial charge on any atom is -0.480 e. The summed E-state index contributed by atoms with van der Waals surface area (Å²) in [6, 6.07) is -0.779. The van der Waals surface area contributed by atoms with Crippen molar-refractivity contribution < 1.29 is 9.90 Å². The molecule has 1 aliphatic rings. The first-order valence-corrected chi connectivity index (χ1v) is 4.06. The van der Waals surface area contributed by atoms with Gasteiger partial charge in [-0.15, -0.1) is 0 Å². The van der Waals surface area contributed by atoms with Gasteiger partial charge in [-0.2, -0.15) is 0 Å². The summed E-state index contributed by atoms with van der Waals surface area (Å²) in [6.45, 7) is 0.480. The molecule has 0 spiro atoms. The number of carboxylic acid groups (broad SMARTS) is 1. The smallest absolute Gasteiger partial charge is 0.320 e. The molecule has 1 rings (SSSR count). The van der Waals surface area contributed by atoms with E-state index in [-0.39, 0.29) is 17.8 Å². The number of carbonyl (C=O) groups is 1. The van der Waals surface area contributed by atoms with Crippen molar-refractivity contribution >= 4 is 11.9 Å². The predicted octanol–water partition coefficient (Wildman–Crippen LogP) is -1.69. The fourth-order valence-electron chi connectivity index (χ4n) is 1.33. The van der Waals surface area contributed by atoms with E-state index in [0.29, 0.717) is 6.54 Å². The molecule has 6 heteroatoms. The number of nitrogens with zero attached hydrogens (tertiary/aromatic N) is 1. The van der Waals surface area contributed by atoms with Gasteiger partial charge in [0.15, 0.2) is 5.96 Å². The number of hydrogen-bond donors (Lipinski definition) is 4. The summed E-state index contributed by atoms with van der Waals surface area (Å²) >= 11 is 0. The first kappa shape index (κ1) is 9.79. The molecule has 7 N–H and O–H groups in total. The van der Waals surface area contributed by atoms with Crippen molar-refractivity contribution in [2.75, 3.05) is 6.54 Å². The molecule has 1 fully saturated rings. The van der Waals surface area contributed by atoms with Gasteiger partial charge in [-0.05, 0) is 18.3 Å². The standard InChI is InChI=1S/C7H14N4O2/c8-5(6(12)13)4-1-3(4)2-11-7(9)10/h3-5H,1-2,8H2,(H,12,13)(H4,9,10,11)/t3-,4-,5+/m0/s1. The summed E-state index contributed by atoms with van der Waals surface area (Å²) in [5.74, 6) is -0.666. The molecular formula is C7H14N4O2. The van der Waals surface area contributed by atoms with Gasteiger partial charge < -0.3 is 22.3 Å². The van der Waals surface area contributed by atoms with Crippen LogP contribution < -0.4 is 17.2 Å². The third kappa shape index (κ3) is 2.59. The van der Waals surface area contributed by atoms with Crippen LogP contribution in [0.2, 0.25) is 0 Å². The van der Waals surface area contributed by atoms with E-state index in [4.69, 9.17) is 22.3 Å². The van der Waals surface area contributed by atoms with Crippen LogP contribution >= 0.6 is 0 Å². The molecule has 1 aliphatic carbocycles. The highest BCUT2D eigenvalue weighted by Gasteiger charge is 2.44. The van der Waals surface area contributed by atoms with Crippen molar-refractivity contribution in [3.63, 3.8) is 0 Å². The largest absolute Gasteiger partial charge is 0.480 e. The molecule has 0 aromatic carbocycles. The topological polar surface area (TPSA) is 128 Å². The molecular weight excluding hydrogens is 172 g/mol. The number of carboxylic acids is 1. The average molecular weight is 186 g/mol. The van der Waals surface area contributed by atoms with Crippen LogP contribution in [0, 0.1) is 11.8 Å². The summed E-state index contributed by atoms with van der Waals surface area (Å²) in [5, 5.41) is 8.58. The number of aliphatic carboxylic acids is 1. The van der Waals surface area contributed by atoms with Crippen molar-refractivity contribution in [1.82, 2.24) is 0 Å². The van der Waals surface area contributed by atoms with Crippen LogP contribution in [0.4, 0.5) is 0 Å². The van der Waals surface area contributed by atoms with Crippen LogP contribution in [0.5, 0.6) is 0 Å². The number of guanidine groups is 1. The van der Waals surface area contributed by atoms with E-state index >= 15 is 0 Å². The molecule has 0 amide bonds.